The highest BCUT2D eigenvalue weighted by Gasteiger charge is 2.25. The molecule has 196 valence electrons. The highest BCUT2D eigenvalue weighted by atomic mass is 19.1. The molecule has 2 heterocycles. The van der Waals surface area contributed by atoms with Crippen molar-refractivity contribution < 1.29 is 18.7 Å². The first-order valence-electron chi connectivity index (χ1n) is 11.9. The third kappa shape index (κ3) is 5.39. The van der Waals surface area contributed by atoms with Gasteiger partial charge in [0.15, 0.2) is 0 Å². The van der Waals surface area contributed by atoms with Gasteiger partial charge in [-0.1, -0.05) is 19.6 Å². The predicted molar refractivity (Wildman–Crippen MR) is 146 cm³/mol. The minimum Gasteiger partial charge on any atom is -0.497 e. The molecule has 0 radical (unpaired) electrons. The molecule has 0 aliphatic heterocycles. The van der Waals surface area contributed by atoms with Crippen LogP contribution in [0.5, 0.6) is 11.5 Å². The number of rotatable bonds is 8. The normalized spacial score (nSPS) is 12.4. The standard InChI is InChI=1S/C29H27FN4O3.CH4/c1-19(32-29(35)27-8-5-15-33(27)2)28(20-6-4-7-24(16-20)36-3)37-25-13-14-26-21(17-25)18-31-34(26)23-11-9-22(30)10-12-23;/h4-19,28H,1-3H3,(H,32,35);1H4/t19-,28-;/m0./s1. The minimum absolute atomic E-state index is 0. The van der Waals surface area contributed by atoms with Crippen molar-refractivity contribution in [2.45, 2.75) is 26.5 Å². The second kappa shape index (κ2) is 11.2. The van der Waals surface area contributed by atoms with E-state index < -0.39 is 6.10 Å². The average Bonchev–Trinajstić information content (AvgIpc) is 3.53. The fraction of sp³-hybridized carbons (Fsp3) is 0.200. The number of hydrogen-bond acceptors (Lipinski definition) is 4. The summed E-state index contributed by atoms with van der Waals surface area (Å²) in [5.41, 5.74) is 3.05. The number of aryl methyl sites for hydroxylation is 1. The van der Waals surface area contributed by atoms with Gasteiger partial charge in [-0.3, -0.25) is 4.79 Å². The lowest BCUT2D eigenvalue weighted by Crippen LogP contribution is -2.39. The number of carbonyl (C=O) groups excluding carboxylic acids is 1. The van der Waals surface area contributed by atoms with E-state index in [4.69, 9.17) is 9.47 Å². The van der Waals surface area contributed by atoms with Gasteiger partial charge in [-0.25, -0.2) is 9.07 Å². The van der Waals surface area contributed by atoms with Gasteiger partial charge < -0.3 is 19.4 Å². The van der Waals surface area contributed by atoms with Gasteiger partial charge in [-0.2, -0.15) is 5.10 Å². The van der Waals surface area contributed by atoms with Crippen molar-refractivity contribution in [3.8, 4) is 17.2 Å². The van der Waals surface area contributed by atoms with Crippen LogP contribution in [0.15, 0.2) is 91.3 Å². The zero-order chi connectivity index (χ0) is 25.9. The Balaban J connectivity index is 0.00000336. The maximum atomic E-state index is 13.4. The lowest BCUT2D eigenvalue weighted by molar-refractivity contribution is 0.0874. The molecule has 0 saturated carbocycles. The first-order valence-corrected chi connectivity index (χ1v) is 11.9. The average molecular weight is 515 g/mol. The zero-order valence-corrected chi connectivity index (χ0v) is 20.8. The molecule has 0 aliphatic carbocycles. The SMILES string of the molecule is C.COc1cccc([C@@H](Oc2ccc3c(cnn3-c3ccc(F)cc3)c2)[C@H](C)NC(=O)c2cccn2C)c1. The van der Waals surface area contributed by atoms with E-state index in [0.29, 0.717) is 17.2 Å². The van der Waals surface area contributed by atoms with E-state index in [2.05, 4.69) is 10.4 Å². The number of nitrogens with one attached hydrogen (secondary N) is 1. The molecule has 0 bridgehead atoms. The van der Waals surface area contributed by atoms with E-state index >= 15 is 0 Å². The van der Waals surface area contributed by atoms with E-state index in [1.165, 1.54) is 12.1 Å². The van der Waals surface area contributed by atoms with Crippen LogP contribution >= 0.6 is 0 Å². The van der Waals surface area contributed by atoms with E-state index in [1.54, 1.807) is 40.8 Å². The maximum absolute atomic E-state index is 13.4. The van der Waals surface area contributed by atoms with E-state index in [1.807, 2.05) is 68.7 Å². The second-order valence-electron chi connectivity index (χ2n) is 8.83. The van der Waals surface area contributed by atoms with Gasteiger partial charge in [0.2, 0.25) is 0 Å². The number of hydrogen-bond donors (Lipinski definition) is 1. The van der Waals surface area contributed by atoms with Crippen LogP contribution in [0.3, 0.4) is 0 Å². The van der Waals surface area contributed by atoms with E-state index in [0.717, 1.165) is 22.2 Å². The molecule has 2 atom stereocenters. The van der Waals surface area contributed by atoms with Crippen LogP contribution in [0, 0.1) is 5.82 Å². The predicted octanol–water partition coefficient (Wildman–Crippen LogP) is 6.09. The molecule has 0 aliphatic rings. The summed E-state index contributed by atoms with van der Waals surface area (Å²) >= 11 is 0. The number of fused-ring (bicyclic) bond motifs is 1. The van der Waals surface area contributed by atoms with Crippen LogP contribution in [0.25, 0.3) is 16.6 Å². The Hall–Kier alpha value is -4.59. The van der Waals surface area contributed by atoms with Crippen molar-refractivity contribution >= 4 is 16.8 Å². The molecule has 0 saturated heterocycles. The molecule has 38 heavy (non-hydrogen) atoms. The van der Waals surface area contributed by atoms with Crippen molar-refractivity contribution in [1.29, 1.82) is 0 Å². The number of nitrogens with zero attached hydrogens (tertiary/aromatic N) is 3. The number of amides is 1. The lowest BCUT2D eigenvalue weighted by atomic mass is 10.0. The summed E-state index contributed by atoms with van der Waals surface area (Å²) in [4.78, 5) is 12.9. The summed E-state index contributed by atoms with van der Waals surface area (Å²) in [6.45, 7) is 1.91. The van der Waals surface area contributed by atoms with Gasteiger partial charge in [0.1, 0.15) is 29.1 Å². The number of halogens is 1. The van der Waals surface area contributed by atoms with Crippen molar-refractivity contribution in [2.24, 2.45) is 7.05 Å². The van der Waals surface area contributed by atoms with Crippen LogP contribution < -0.4 is 14.8 Å². The highest BCUT2D eigenvalue weighted by Crippen LogP contribution is 2.30. The fourth-order valence-corrected chi connectivity index (χ4v) is 4.35. The van der Waals surface area contributed by atoms with E-state index in [-0.39, 0.29) is 25.2 Å². The van der Waals surface area contributed by atoms with Gasteiger partial charge in [0.05, 0.1) is 30.6 Å². The Kier molecular flexibility index (Phi) is 7.81. The largest absolute Gasteiger partial charge is 0.497 e. The molecule has 5 aromatic rings. The van der Waals surface area contributed by atoms with Crippen molar-refractivity contribution in [2.75, 3.05) is 7.11 Å². The fourth-order valence-electron chi connectivity index (χ4n) is 4.35. The van der Waals surface area contributed by atoms with Gasteiger partial charge in [-0.05, 0) is 79.2 Å². The molecule has 0 fully saturated rings. The van der Waals surface area contributed by atoms with Crippen LogP contribution in [-0.4, -0.2) is 33.4 Å². The first kappa shape index (κ1) is 26.5. The molecule has 3 aromatic carbocycles. The van der Waals surface area contributed by atoms with Crippen LogP contribution in [0.1, 0.15) is 36.5 Å². The minimum atomic E-state index is -0.496. The summed E-state index contributed by atoms with van der Waals surface area (Å²) < 4.78 is 28.8. The molecule has 7 nitrogen and oxygen atoms in total. The number of aromatic nitrogens is 3. The van der Waals surface area contributed by atoms with Gasteiger partial charge >= 0.3 is 0 Å². The van der Waals surface area contributed by atoms with Crippen molar-refractivity contribution in [3.63, 3.8) is 0 Å². The molecule has 5 rings (SSSR count). The molecule has 8 heteroatoms. The number of ether oxygens (including phenoxy) is 2. The number of methoxy groups -OCH3 is 1. The quantitative estimate of drug-likeness (QED) is 0.272. The molecule has 1 N–H and O–H groups in total. The number of benzene rings is 3. The Bertz CT molecular complexity index is 1540. The molecule has 0 unspecified atom stereocenters. The first-order chi connectivity index (χ1) is 17.9. The summed E-state index contributed by atoms with van der Waals surface area (Å²) in [5.74, 6) is 0.836. The molecule has 0 spiro atoms. The topological polar surface area (TPSA) is 70.3 Å². The van der Waals surface area contributed by atoms with Gasteiger partial charge in [0.25, 0.3) is 5.91 Å². The molecule has 1 amide bonds. The van der Waals surface area contributed by atoms with Crippen LogP contribution in [-0.2, 0) is 7.05 Å². The third-order valence-corrected chi connectivity index (χ3v) is 6.29. The molecular formula is C30H31FN4O3. The Labute approximate surface area is 221 Å². The maximum Gasteiger partial charge on any atom is 0.268 e. The third-order valence-electron chi connectivity index (χ3n) is 6.29. The van der Waals surface area contributed by atoms with E-state index in [9.17, 15) is 9.18 Å². The second-order valence-corrected chi connectivity index (χ2v) is 8.83. The monoisotopic (exact) mass is 514 g/mol. The Morgan fingerprint density at radius 2 is 1.79 bits per heavy atom. The van der Waals surface area contributed by atoms with Crippen molar-refractivity contribution in [1.82, 2.24) is 19.7 Å². The van der Waals surface area contributed by atoms with Gasteiger partial charge in [-0.15, -0.1) is 0 Å². The number of carbonyl (C=O) groups is 1. The summed E-state index contributed by atoms with van der Waals surface area (Å²) in [7, 11) is 3.44. The smallest absolute Gasteiger partial charge is 0.268 e. The Morgan fingerprint density at radius 3 is 2.50 bits per heavy atom. The van der Waals surface area contributed by atoms with Crippen LogP contribution in [0.2, 0.25) is 0 Å². The van der Waals surface area contributed by atoms with Crippen molar-refractivity contribution in [3.05, 3.63) is 108 Å². The summed E-state index contributed by atoms with van der Waals surface area (Å²) in [6, 6.07) is 22.7. The molecule has 2 aromatic heterocycles. The zero-order valence-electron chi connectivity index (χ0n) is 20.8. The van der Waals surface area contributed by atoms with Crippen LogP contribution in [0.4, 0.5) is 4.39 Å². The van der Waals surface area contributed by atoms with Gasteiger partial charge in [0, 0.05) is 18.6 Å². The lowest BCUT2D eigenvalue weighted by Gasteiger charge is -2.27. The highest BCUT2D eigenvalue weighted by molar-refractivity contribution is 5.93. The Morgan fingerprint density at radius 1 is 1.00 bits per heavy atom. The summed E-state index contributed by atoms with van der Waals surface area (Å²) in [6.07, 6.45) is 3.08. The molecular weight excluding hydrogens is 483 g/mol. The summed E-state index contributed by atoms with van der Waals surface area (Å²) in [5, 5.41) is 8.41.